The number of ether oxygens (including phenoxy) is 2. The molecule has 0 aromatic heterocycles. The van der Waals surface area contributed by atoms with Crippen LogP contribution in [-0.4, -0.2) is 56.5 Å². The van der Waals surface area contributed by atoms with E-state index in [1.165, 1.54) is 4.31 Å². The molecule has 0 bridgehead atoms. The molecule has 2 heterocycles. The van der Waals surface area contributed by atoms with E-state index in [0.29, 0.717) is 35.0 Å². The van der Waals surface area contributed by atoms with Crippen LogP contribution < -0.4 is 9.47 Å². The Morgan fingerprint density at radius 1 is 1.00 bits per heavy atom. The van der Waals surface area contributed by atoms with Crippen molar-refractivity contribution >= 4 is 15.9 Å². The zero-order valence-corrected chi connectivity index (χ0v) is 16.7. The maximum Gasteiger partial charge on any atom is 0.257 e. The number of aryl methyl sites for hydroxylation is 2. The molecule has 148 valence electrons. The van der Waals surface area contributed by atoms with Crippen molar-refractivity contribution in [3.8, 4) is 11.5 Å². The third kappa shape index (κ3) is 3.22. The first-order valence-corrected chi connectivity index (χ1v) is 10.6. The molecule has 0 spiro atoms. The first-order chi connectivity index (χ1) is 13.4. The Bertz CT molecular complexity index is 1030. The van der Waals surface area contributed by atoms with Gasteiger partial charge in [-0.1, -0.05) is 18.2 Å². The second-order valence-corrected chi connectivity index (χ2v) is 8.91. The highest BCUT2D eigenvalue weighted by molar-refractivity contribution is 7.89. The van der Waals surface area contributed by atoms with Crippen LogP contribution in [0.15, 0.2) is 41.3 Å². The van der Waals surface area contributed by atoms with Gasteiger partial charge in [0.15, 0.2) is 11.5 Å². The van der Waals surface area contributed by atoms with E-state index < -0.39 is 10.0 Å². The molecule has 1 fully saturated rings. The molecule has 8 heteroatoms. The van der Waals surface area contributed by atoms with E-state index in [4.69, 9.17) is 9.47 Å². The molecule has 0 unspecified atom stereocenters. The molecular weight excluding hydrogens is 380 g/mol. The van der Waals surface area contributed by atoms with Crippen molar-refractivity contribution in [2.24, 2.45) is 0 Å². The van der Waals surface area contributed by atoms with E-state index in [9.17, 15) is 13.2 Å². The van der Waals surface area contributed by atoms with Crippen LogP contribution in [0.4, 0.5) is 0 Å². The fourth-order valence-electron chi connectivity index (χ4n) is 3.52. The lowest BCUT2D eigenvalue weighted by molar-refractivity contribution is 0.0693. The number of benzene rings is 2. The quantitative estimate of drug-likeness (QED) is 0.787. The van der Waals surface area contributed by atoms with Gasteiger partial charge in [0.05, 0.1) is 10.5 Å². The van der Waals surface area contributed by atoms with Gasteiger partial charge in [0.2, 0.25) is 16.8 Å². The summed E-state index contributed by atoms with van der Waals surface area (Å²) >= 11 is 0. The van der Waals surface area contributed by atoms with Crippen LogP contribution in [0.25, 0.3) is 0 Å². The van der Waals surface area contributed by atoms with E-state index in [-0.39, 0.29) is 25.8 Å². The Labute approximate surface area is 164 Å². The fraction of sp³-hybridized carbons (Fsp3) is 0.350. The van der Waals surface area contributed by atoms with E-state index in [0.717, 1.165) is 11.1 Å². The molecule has 7 nitrogen and oxygen atoms in total. The van der Waals surface area contributed by atoms with Crippen molar-refractivity contribution < 1.29 is 22.7 Å². The Morgan fingerprint density at radius 3 is 2.50 bits per heavy atom. The highest BCUT2D eigenvalue weighted by atomic mass is 32.2. The number of nitrogens with zero attached hydrogens (tertiary/aromatic N) is 2. The van der Waals surface area contributed by atoms with Crippen LogP contribution in [-0.2, 0) is 10.0 Å². The van der Waals surface area contributed by atoms with E-state index >= 15 is 0 Å². The topological polar surface area (TPSA) is 76.2 Å². The predicted molar refractivity (Wildman–Crippen MR) is 103 cm³/mol. The van der Waals surface area contributed by atoms with Gasteiger partial charge < -0.3 is 14.4 Å². The van der Waals surface area contributed by atoms with Crippen molar-refractivity contribution in [2.75, 3.05) is 33.0 Å². The van der Waals surface area contributed by atoms with Gasteiger partial charge in [0.25, 0.3) is 5.91 Å². The minimum atomic E-state index is -3.59. The second-order valence-electron chi connectivity index (χ2n) is 7.00. The number of fused-ring (bicyclic) bond motifs is 1. The minimum Gasteiger partial charge on any atom is -0.454 e. The molecule has 1 saturated heterocycles. The number of hydrogen-bond donors (Lipinski definition) is 0. The maximum atomic E-state index is 13.0. The van der Waals surface area contributed by atoms with Crippen molar-refractivity contribution in [2.45, 2.75) is 18.7 Å². The van der Waals surface area contributed by atoms with E-state index in [2.05, 4.69) is 0 Å². The SMILES string of the molecule is Cc1ccc(C)c(S(=O)(=O)N2CCN(C(=O)c3cccc4c3OCO4)CC2)c1. The lowest BCUT2D eigenvalue weighted by atomic mass is 10.1. The Hall–Kier alpha value is -2.58. The largest absolute Gasteiger partial charge is 0.454 e. The van der Waals surface area contributed by atoms with Crippen molar-refractivity contribution in [3.05, 3.63) is 53.1 Å². The average Bonchev–Trinajstić information content (AvgIpc) is 3.18. The molecule has 0 N–H and O–H groups in total. The summed E-state index contributed by atoms with van der Waals surface area (Å²) in [5.74, 6) is 0.839. The summed E-state index contributed by atoms with van der Waals surface area (Å²) in [5, 5.41) is 0. The molecule has 28 heavy (non-hydrogen) atoms. The number of piperazine rings is 1. The summed E-state index contributed by atoms with van der Waals surface area (Å²) in [6, 6.07) is 10.6. The third-order valence-corrected chi connectivity index (χ3v) is 7.15. The van der Waals surface area contributed by atoms with Crippen LogP contribution in [0.3, 0.4) is 0 Å². The number of carbonyl (C=O) groups excluding carboxylic acids is 1. The summed E-state index contributed by atoms with van der Waals surface area (Å²) in [5.41, 5.74) is 2.07. The van der Waals surface area contributed by atoms with Crippen LogP contribution in [0.1, 0.15) is 21.5 Å². The molecule has 0 atom stereocenters. The lowest BCUT2D eigenvalue weighted by Gasteiger charge is -2.34. The van der Waals surface area contributed by atoms with Crippen LogP contribution in [0.2, 0.25) is 0 Å². The number of rotatable bonds is 3. The molecule has 0 aliphatic carbocycles. The van der Waals surface area contributed by atoms with Gasteiger partial charge in [-0.05, 0) is 43.2 Å². The van der Waals surface area contributed by atoms with Crippen molar-refractivity contribution in [1.29, 1.82) is 0 Å². The molecule has 0 radical (unpaired) electrons. The van der Waals surface area contributed by atoms with Gasteiger partial charge in [0.1, 0.15) is 0 Å². The number of sulfonamides is 1. The van der Waals surface area contributed by atoms with E-state index in [1.54, 1.807) is 36.1 Å². The summed E-state index contributed by atoms with van der Waals surface area (Å²) < 4.78 is 38.3. The Kier molecular flexibility index (Phi) is 4.76. The number of amides is 1. The monoisotopic (exact) mass is 402 g/mol. The molecule has 2 aliphatic rings. The molecular formula is C20H22N2O5S. The third-order valence-electron chi connectivity index (χ3n) is 5.11. The normalized spacial score (nSPS) is 17.0. The standard InChI is InChI=1S/C20H22N2O5S/c1-14-6-7-15(2)18(12-14)28(24,25)22-10-8-21(9-11-22)20(23)16-4-3-5-17-19(16)27-13-26-17/h3-7,12H,8-11,13H2,1-2H3. The van der Waals surface area contributed by atoms with Crippen LogP contribution in [0.5, 0.6) is 11.5 Å². The lowest BCUT2D eigenvalue weighted by Crippen LogP contribution is -2.50. The molecule has 2 aromatic rings. The smallest absolute Gasteiger partial charge is 0.257 e. The zero-order valence-electron chi connectivity index (χ0n) is 15.8. The van der Waals surface area contributed by atoms with Gasteiger partial charge >= 0.3 is 0 Å². The van der Waals surface area contributed by atoms with Gasteiger partial charge in [-0.3, -0.25) is 4.79 Å². The summed E-state index contributed by atoms with van der Waals surface area (Å²) in [7, 11) is -3.59. The first kappa shape index (κ1) is 18.8. The number of para-hydroxylation sites is 1. The molecule has 0 saturated carbocycles. The maximum absolute atomic E-state index is 13.0. The first-order valence-electron chi connectivity index (χ1n) is 9.13. The fourth-order valence-corrected chi connectivity index (χ4v) is 5.26. The summed E-state index contributed by atoms with van der Waals surface area (Å²) in [4.78, 5) is 14.9. The van der Waals surface area contributed by atoms with Gasteiger partial charge in [-0.25, -0.2) is 8.42 Å². The summed E-state index contributed by atoms with van der Waals surface area (Å²) in [6.45, 7) is 4.94. The Morgan fingerprint density at radius 2 is 1.75 bits per heavy atom. The van der Waals surface area contributed by atoms with Gasteiger partial charge in [-0.15, -0.1) is 0 Å². The molecule has 2 aliphatic heterocycles. The molecule has 2 aromatic carbocycles. The summed E-state index contributed by atoms with van der Waals surface area (Å²) in [6.07, 6.45) is 0. The zero-order chi connectivity index (χ0) is 19.9. The number of hydrogen-bond acceptors (Lipinski definition) is 5. The highest BCUT2D eigenvalue weighted by Gasteiger charge is 2.33. The van der Waals surface area contributed by atoms with Crippen LogP contribution in [0, 0.1) is 13.8 Å². The second kappa shape index (κ2) is 7.10. The van der Waals surface area contributed by atoms with Gasteiger partial charge in [0, 0.05) is 26.2 Å². The minimum absolute atomic E-state index is 0.0987. The van der Waals surface area contributed by atoms with Gasteiger partial charge in [-0.2, -0.15) is 4.31 Å². The molecule has 1 amide bonds. The highest BCUT2D eigenvalue weighted by Crippen LogP contribution is 2.36. The molecule has 4 rings (SSSR count). The predicted octanol–water partition coefficient (Wildman–Crippen LogP) is 2.18. The average molecular weight is 402 g/mol. The Balaban J connectivity index is 1.50. The van der Waals surface area contributed by atoms with Crippen molar-refractivity contribution in [1.82, 2.24) is 9.21 Å². The number of carbonyl (C=O) groups is 1. The van der Waals surface area contributed by atoms with E-state index in [1.807, 2.05) is 19.1 Å². The van der Waals surface area contributed by atoms with Crippen molar-refractivity contribution in [3.63, 3.8) is 0 Å². The van der Waals surface area contributed by atoms with Crippen LogP contribution >= 0.6 is 0 Å².